The SMILES string of the molecule is CCc1cc(-c2nc(Cc3cccc(Cl)c3)no2)c(N)s1. The molecule has 3 aromatic rings. The number of halogens is 1. The highest BCUT2D eigenvalue weighted by Gasteiger charge is 2.15. The van der Waals surface area contributed by atoms with Crippen molar-refractivity contribution < 1.29 is 4.52 Å². The molecular formula is C15H14ClN3OS. The summed E-state index contributed by atoms with van der Waals surface area (Å²) >= 11 is 7.53. The zero-order valence-corrected chi connectivity index (χ0v) is 13.0. The number of benzene rings is 1. The molecule has 0 fully saturated rings. The predicted octanol–water partition coefficient (Wildman–Crippen LogP) is 4.19. The number of aryl methyl sites for hydroxylation is 1. The summed E-state index contributed by atoms with van der Waals surface area (Å²) in [5, 5.41) is 5.43. The molecule has 0 amide bonds. The van der Waals surface area contributed by atoms with E-state index < -0.39 is 0 Å². The maximum Gasteiger partial charge on any atom is 0.260 e. The monoisotopic (exact) mass is 319 g/mol. The average Bonchev–Trinajstić information content (AvgIpc) is 3.05. The third-order valence-electron chi connectivity index (χ3n) is 3.11. The predicted molar refractivity (Wildman–Crippen MR) is 85.7 cm³/mol. The number of aromatic nitrogens is 2. The van der Waals surface area contributed by atoms with E-state index in [0.717, 1.165) is 17.5 Å². The summed E-state index contributed by atoms with van der Waals surface area (Å²) in [6.45, 7) is 2.09. The Bertz CT molecular complexity index is 766. The van der Waals surface area contributed by atoms with E-state index in [1.165, 1.54) is 4.88 Å². The van der Waals surface area contributed by atoms with Crippen LogP contribution in [-0.4, -0.2) is 10.1 Å². The lowest BCUT2D eigenvalue weighted by Crippen LogP contribution is -1.90. The first-order chi connectivity index (χ1) is 10.2. The first kappa shape index (κ1) is 14.1. The van der Waals surface area contributed by atoms with Crippen molar-refractivity contribution in [2.75, 3.05) is 5.73 Å². The Morgan fingerprint density at radius 1 is 1.33 bits per heavy atom. The molecule has 2 aromatic heterocycles. The largest absolute Gasteiger partial charge is 0.390 e. The van der Waals surface area contributed by atoms with Gasteiger partial charge in [0.1, 0.15) is 0 Å². The van der Waals surface area contributed by atoms with Gasteiger partial charge in [-0.1, -0.05) is 35.8 Å². The smallest absolute Gasteiger partial charge is 0.260 e. The molecular weight excluding hydrogens is 306 g/mol. The number of rotatable bonds is 4. The van der Waals surface area contributed by atoms with Gasteiger partial charge in [-0.05, 0) is 30.2 Å². The quantitative estimate of drug-likeness (QED) is 0.783. The lowest BCUT2D eigenvalue weighted by molar-refractivity contribution is 0.424. The molecule has 108 valence electrons. The topological polar surface area (TPSA) is 64.9 Å². The third kappa shape index (κ3) is 3.09. The van der Waals surface area contributed by atoms with E-state index >= 15 is 0 Å². The molecule has 0 spiro atoms. The standard InChI is InChI=1S/C15H14ClN3OS/c1-2-11-8-12(14(17)21-11)15-18-13(19-20-15)7-9-4-3-5-10(16)6-9/h3-6,8H,2,7,17H2,1H3. The molecule has 1 aromatic carbocycles. The number of hydrogen-bond acceptors (Lipinski definition) is 5. The molecule has 0 atom stereocenters. The number of anilines is 1. The van der Waals surface area contributed by atoms with Gasteiger partial charge in [-0.2, -0.15) is 4.98 Å². The van der Waals surface area contributed by atoms with Crippen molar-refractivity contribution in [1.82, 2.24) is 10.1 Å². The first-order valence-corrected chi connectivity index (χ1v) is 7.80. The van der Waals surface area contributed by atoms with Gasteiger partial charge < -0.3 is 10.3 Å². The lowest BCUT2D eigenvalue weighted by atomic mass is 10.1. The van der Waals surface area contributed by atoms with Gasteiger partial charge in [0.25, 0.3) is 5.89 Å². The molecule has 2 heterocycles. The molecule has 6 heteroatoms. The van der Waals surface area contributed by atoms with Gasteiger partial charge in [0.2, 0.25) is 0 Å². The Hall–Kier alpha value is -1.85. The van der Waals surface area contributed by atoms with Gasteiger partial charge in [-0.15, -0.1) is 11.3 Å². The highest BCUT2D eigenvalue weighted by atomic mass is 35.5. The maximum absolute atomic E-state index is 6.00. The van der Waals surface area contributed by atoms with Crippen molar-refractivity contribution in [2.45, 2.75) is 19.8 Å². The molecule has 21 heavy (non-hydrogen) atoms. The number of nitrogens with two attached hydrogens (primary N) is 1. The van der Waals surface area contributed by atoms with E-state index in [4.69, 9.17) is 21.9 Å². The average molecular weight is 320 g/mol. The van der Waals surface area contributed by atoms with Crippen LogP contribution in [-0.2, 0) is 12.8 Å². The molecule has 3 rings (SSSR count). The van der Waals surface area contributed by atoms with Crippen LogP contribution in [0.4, 0.5) is 5.00 Å². The molecule has 0 aliphatic carbocycles. The maximum atomic E-state index is 6.00. The van der Waals surface area contributed by atoms with Crippen molar-refractivity contribution in [3.8, 4) is 11.5 Å². The number of thiophene rings is 1. The van der Waals surface area contributed by atoms with E-state index in [2.05, 4.69) is 17.1 Å². The Morgan fingerprint density at radius 2 is 2.19 bits per heavy atom. The van der Waals surface area contributed by atoms with Crippen LogP contribution in [0.3, 0.4) is 0 Å². The minimum absolute atomic E-state index is 0.473. The molecule has 0 aliphatic heterocycles. The zero-order valence-electron chi connectivity index (χ0n) is 11.5. The van der Waals surface area contributed by atoms with E-state index in [1.807, 2.05) is 30.3 Å². The van der Waals surface area contributed by atoms with Gasteiger partial charge in [0.15, 0.2) is 5.82 Å². The molecule has 0 bridgehead atoms. The second-order valence-electron chi connectivity index (χ2n) is 4.67. The molecule has 4 nitrogen and oxygen atoms in total. The Balaban J connectivity index is 1.84. The summed E-state index contributed by atoms with van der Waals surface area (Å²) in [7, 11) is 0. The van der Waals surface area contributed by atoms with Crippen LogP contribution >= 0.6 is 22.9 Å². The number of nitrogen functional groups attached to an aromatic ring is 1. The molecule has 0 saturated carbocycles. The number of hydrogen-bond donors (Lipinski definition) is 1. The van der Waals surface area contributed by atoms with E-state index in [-0.39, 0.29) is 0 Å². The number of nitrogens with zero attached hydrogens (tertiary/aromatic N) is 2. The summed E-state index contributed by atoms with van der Waals surface area (Å²) in [5.41, 5.74) is 7.87. The first-order valence-electron chi connectivity index (χ1n) is 6.61. The van der Waals surface area contributed by atoms with Gasteiger partial charge in [-0.25, -0.2) is 0 Å². The van der Waals surface area contributed by atoms with Crippen molar-refractivity contribution in [1.29, 1.82) is 0 Å². The summed E-state index contributed by atoms with van der Waals surface area (Å²) in [6, 6.07) is 9.63. The van der Waals surface area contributed by atoms with Gasteiger partial charge in [-0.3, -0.25) is 0 Å². The second-order valence-corrected chi connectivity index (χ2v) is 6.27. The van der Waals surface area contributed by atoms with Crippen LogP contribution in [0.2, 0.25) is 5.02 Å². The fourth-order valence-corrected chi connectivity index (χ4v) is 3.14. The minimum Gasteiger partial charge on any atom is -0.390 e. The molecule has 0 unspecified atom stereocenters. The van der Waals surface area contributed by atoms with Gasteiger partial charge in [0.05, 0.1) is 10.6 Å². The normalized spacial score (nSPS) is 11.0. The van der Waals surface area contributed by atoms with Crippen LogP contribution in [0.1, 0.15) is 23.2 Å². The van der Waals surface area contributed by atoms with E-state index in [9.17, 15) is 0 Å². The molecule has 0 radical (unpaired) electrons. The zero-order chi connectivity index (χ0) is 14.8. The Labute approximate surface area is 131 Å². The van der Waals surface area contributed by atoms with Crippen LogP contribution in [0, 0.1) is 0 Å². The van der Waals surface area contributed by atoms with Crippen molar-refractivity contribution in [3.05, 3.63) is 51.6 Å². The van der Waals surface area contributed by atoms with Crippen LogP contribution in [0.5, 0.6) is 0 Å². The molecule has 0 saturated heterocycles. The molecule has 0 aliphatic rings. The highest BCUT2D eigenvalue weighted by Crippen LogP contribution is 2.33. The van der Waals surface area contributed by atoms with Crippen LogP contribution in [0.25, 0.3) is 11.5 Å². The van der Waals surface area contributed by atoms with E-state index in [0.29, 0.717) is 28.2 Å². The molecule has 2 N–H and O–H groups in total. The fourth-order valence-electron chi connectivity index (χ4n) is 2.06. The Kier molecular flexibility index (Phi) is 3.94. The van der Waals surface area contributed by atoms with Crippen molar-refractivity contribution in [2.24, 2.45) is 0 Å². The summed E-state index contributed by atoms with van der Waals surface area (Å²) in [5.74, 6) is 1.09. The van der Waals surface area contributed by atoms with Gasteiger partial charge >= 0.3 is 0 Å². The van der Waals surface area contributed by atoms with Crippen LogP contribution < -0.4 is 5.73 Å². The lowest BCUT2D eigenvalue weighted by Gasteiger charge is -1.96. The van der Waals surface area contributed by atoms with Gasteiger partial charge in [0, 0.05) is 16.3 Å². The summed E-state index contributed by atoms with van der Waals surface area (Å²) in [4.78, 5) is 5.63. The minimum atomic E-state index is 0.473. The Morgan fingerprint density at radius 3 is 2.90 bits per heavy atom. The van der Waals surface area contributed by atoms with Crippen LogP contribution in [0.15, 0.2) is 34.9 Å². The second kappa shape index (κ2) is 5.87. The highest BCUT2D eigenvalue weighted by molar-refractivity contribution is 7.16. The summed E-state index contributed by atoms with van der Waals surface area (Å²) < 4.78 is 5.32. The van der Waals surface area contributed by atoms with Crippen molar-refractivity contribution in [3.63, 3.8) is 0 Å². The fraction of sp³-hybridized carbons (Fsp3) is 0.200. The van der Waals surface area contributed by atoms with Crippen molar-refractivity contribution >= 4 is 27.9 Å². The van der Waals surface area contributed by atoms with E-state index in [1.54, 1.807) is 11.3 Å². The third-order valence-corrected chi connectivity index (χ3v) is 4.45. The summed E-state index contributed by atoms with van der Waals surface area (Å²) in [6.07, 6.45) is 1.52.